The maximum atomic E-state index is 12.2. The van der Waals surface area contributed by atoms with E-state index in [4.69, 9.17) is 4.74 Å². The molecule has 0 amide bonds. The highest BCUT2D eigenvalue weighted by atomic mass is 16.6. The van der Waals surface area contributed by atoms with Crippen molar-refractivity contribution < 1.29 is 14.3 Å². The van der Waals surface area contributed by atoms with Gasteiger partial charge in [-0.05, 0) is 30.1 Å². The van der Waals surface area contributed by atoms with E-state index in [0.29, 0.717) is 17.3 Å². The van der Waals surface area contributed by atoms with Gasteiger partial charge in [0.05, 0.1) is 0 Å². The third kappa shape index (κ3) is 0.624. The highest BCUT2D eigenvalue weighted by Crippen LogP contribution is 2.73. The normalized spacial score (nSPS) is 57.8. The van der Waals surface area contributed by atoms with Crippen LogP contribution in [0.5, 0.6) is 0 Å². The number of ketones is 2. The molecule has 82 valence electrons. The Hall–Kier alpha value is -0.960. The van der Waals surface area contributed by atoms with Gasteiger partial charge >= 0.3 is 0 Å². The van der Waals surface area contributed by atoms with Gasteiger partial charge in [0.25, 0.3) is 0 Å². The van der Waals surface area contributed by atoms with Gasteiger partial charge in [-0.1, -0.05) is 12.2 Å². The van der Waals surface area contributed by atoms with Gasteiger partial charge in [-0.25, -0.2) is 0 Å². The molecule has 1 saturated heterocycles. The Morgan fingerprint density at radius 2 is 1.50 bits per heavy atom. The molecule has 0 aromatic carbocycles. The molecule has 3 nitrogen and oxygen atoms in total. The van der Waals surface area contributed by atoms with Crippen LogP contribution in [0, 0.1) is 29.1 Å². The lowest BCUT2D eigenvalue weighted by Crippen LogP contribution is -2.43. The van der Waals surface area contributed by atoms with Crippen molar-refractivity contribution in [2.24, 2.45) is 29.1 Å². The van der Waals surface area contributed by atoms with Crippen LogP contribution in [0.1, 0.15) is 12.8 Å². The molecule has 3 saturated carbocycles. The molecule has 16 heavy (non-hydrogen) atoms. The van der Waals surface area contributed by atoms with Crippen molar-refractivity contribution in [1.29, 1.82) is 0 Å². The van der Waals surface area contributed by atoms with E-state index in [1.54, 1.807) is 0 Å². The third-order valence-electron chi connectivity index (χ3n) is 5.55. The van der Waals surface area contributed by atoms with E-state index in [2.05, 4.69) is 12.2 Å². The summed E-state index contributed by atoms with van der Waals surface area (Å²) in [6.45, 7) is 0. The Bertz CT molecular complexity index is 436. The minimum absolute atomic E-state index is 0.0336. The van der Waals surface area contributed by atoms with Gasteiger partial charge in [0.1, 0.15) is 0 Å². The summed E-state index contributed by atoms with van der Waals surface area (Å²) in [6, 6.07) is 0. The summed E-state index contributed by atoms with van der Waals surface area (Å²) in [6.07, 6.45) is 6.09. The molecule has 0 N–H and O–H groups in total. The Labute approximate surface area is 92.8 Å². The summed E-state index contributed by atoms with van der Waals surface area (Å²) in [5, 5.41) is 0. The number of allylic oxidation sites excluding steroid dienone is 2. The van der Waals surface area contributed by atoms with Crippen LogP contribution in [-0.2, 0) is 14.3 Å². The van der Waals surface area contributed by atoms with Crippen molar-refractivity contribution in [1.82, 2.24) is 0 Å². The zero-order valence-electron chi connectivity index (χ0n) is 8.76. The molecule has 3 heteroatoms. The first-order chi connectivity index (χ1) is 7.74. The number of hydrogen-bond acceptors (Lipinski definition) is 3. The average Bonchev–Trinajstić information content (AvgIpc) is 3.14. The monoisotopic (exact) mass is 216 g/mol. The number of ether oxygens (including phenoxy) is 1. The van der Waals surface area contributed by atoms with E-state index in [-0.39, 0.29) is 35.6 Å². The molecule has 0 unspecified atom stereocenters. The first-order valence-electron chi connectivity index (χ1n) is 6.15. The van der Waals surface area contributed by atoms with Gasteiger partial charge in [-0.3, -0.25) is 9.59 Å². The van der Waals surface area contributed by atoms with Crippen molar-refractivity contribution in [3.05, 3.63) is 12.2 Å². The highest BCUT2D eigenvalue weighted by Gasteiger charge is 2.75. The molecular weight excluding hydrogens is 204 g/mol. The molecule has 0 aromatic heterocycles. The second-order valence-electron chi connectivity index (χ2n) is 6.00. The first kappa shape index (κ1) is 8.18. The van der Waals surface area contributed by atoms with Crippen LogP contribution in [0.2, 0.25) is 0 Å². The second-order valence-corrected chi connectivity index (χ2v) is 6.00. The fraction of sp³-hybridized carbons (Fsp3) is 0.692. The lowest BCUT2D eigenvalue weighted by Gasteiger charge is -2.27. The van der Waals surface area contributed by atoms with Gasteiger partial charge < -0.3 is 4.74 Å². The van der Waals surface area contributed by atoms with Crippen molar-refractivity contribution in [3.8, 4) is 0 Å². The van der Waals surface area contributed by atoms with Gasteiger partial charge in [0.15, 0.2) is 23.8 Å². The molecule has 1 heterocycles. The quantitative estimate of drug-likeness (QED) is 0.443. The van der Waals surface area contributed by atoms with Crippen LogP contribution in [-0.4, -0.2) is 23.8 Å². The van der Waals surface area contributed by atoms with Crippen LogP contribution in [0.3, 0.4) is 0 Å². The van der Waals surface area contributed by atoms with E-state index < -0.39 is 0 Å². The number of fused-ring (bicyclic) bond motifs is 4. The Balaban J connectivity index is 1.70. The van der Waals surface area contributed by atoms with E-state index >= 15 is 0 Å². The van der Waals surface area contributed by atoms with Crippen LogP contribution in [0.15, 0.2) is 12.2 Å². The number of hydrogen-bond donors (Lipinski definition) is 0. The maximum Gasteiger partial charge on any atom is 0.169 e. The molecule has 1 aliphatic heterocycles. The Morgan fingerprint density at radius 1 is 1.00 bits per heavy atom. The molecule has 4 aliphatic carbocycles. The van der Waals surface area contributed by atoms with Crippen molar-refractivity contribution in [2.45, 2.75) is 25.0 Å². The minimum Gasteiger partial charge on any atom is -0.353 e. The second kappa shape index (κ2) is 2.06. The standard InChI is InChI=1S/C13H12O3/c14-9-7-5-1-2-6(13(5)3-4-13)8(7)10(15)12-11(9)16-12/h1-2,5-8,11-12H,3-4H2/t5-,6+,7+,8-,11-,12+. The lowest BCUT2D eigenvalue weighted by atomic mass is 9.72. The molecule has 5 aliphatic rings. The minimum atomic E-state index is -0.364. The van der Waals surface area contributed by atoms with Crippen LogP contribution < -0.4 is 0 Å². The molecule has 6 atom stereocenters. The molecule has 0 aromatic rings. The van der Waals surface area contributed by atoms with Crippen molar-refractivity contribution >= 4 is 11.6 Å². The zero-order chi connectivity index (χ0) is 10.7. The summed E-state index contributed by atoms with van der Waals surface area (Å²) in [5.74, 6) is 1.08. The summed E-state index contributed by atoms with van der Waals surface area (Å²) in [4.78, 5) is 24.4. The van der Waals surface area contributed by atoms with Crippen LogP contribution >= 0.6 is 0 Å². The van der Waals surface area contributed by atoms with Crippen molar-refractivity contribution in [3.63, 3.8) is 0 Å². The van der Waals surface area contributed by atoms with E-state index in [0.717, 1.165) is 0 Å². The Kier molecular flexibility index (Phi) is 1.05. The van der Waals surface area contributed by atoms with Crippen LogP contribution in [0.4, 0.5) is 0 Å². The van der Waals surface area contributed by atoms with Crippen LogP contribution in [0.25, 0.3) is 0 Å². The number of carbonyl (C=O) groups is 2. The summed E-state index contributed by atoms with van der Waals surface area (Å²) < 4.78 is 5.22. The predicted octanol–water partition coefficient (Wildman–Crippen LogP) is 0.734. The van der Waals surface area contributed by atoms with E-state index in [1.807, 2.05) is 0 Å². The molecular formula is C13H12O3. The van der Waals surface area contributed by atoms with E-state index in [1.165, 1.54) is 12.8 Å². The molecule has 2 bridgehead atoms. The number of rotatable bonds is 0. The van der Waals surface area contributed by atoms with Gasteiger partial charge in [-0.2, -0.15) is 0 Å². The highest BCUT2D eigenvalue weighted by molar-refractivity contribution is 6.07. The maximum absolute atomic E-state index is 12.2. The lowest BCUT2D eigenvalue weighted by molar-refractivity contribution is -0.135. The fourth-order valence-electron chi connectivity index (χ4n) is 4.69. The van der Waals surface area contributed by atoms with Crippen molar-refractivity contribution in [2.75, 3.05) is 0 Å². The van der Waals surface area contributed by atoms with Gasteiger partial charge in [-0.15, -0.1) is 0 Å². The smallest absolute Gasteiger partial charge is 0.169 e. The number of Topliss-reactive ketones (excluding diaryl/α,β-unsaturated/α-hetero) is 2. The Morgan fingerprint density at radius 3 is 1.94 bits per heavy atom. The number of carbonyl (C=O) groups excluding carboxylic acids is 2. The summed E-state index contributed by atoms with van der Waals surface area (Å²) in [7, 11) is 0. The molecule has 4 fully saturated rings. The largest absolute Gasteiger partial charge is 0.353 e. The summed E-state index contributed by atoms with van der Waals surface area (Å²) >= 11 is 0. The topological polar surface area (TPSA) is 46.7 Å². The van der Waals surface area contributed by atoms with Gasteiger partial charge in [0.2, 0.25) is 0 Å². The van der Waals surface area contributed by atoms with Gasteiger partial charge in [0, 0.05) is 11.8 Å². The SMILES string of the molecule is O=C1[C@@H]2[C@H](C(=O)[C@@H]3O[C@H]13)[C@@H]1C=C[C@H]2C12CC2. The zero-order valence-corrected chi connectivity index (χ0v) is 8.76. The molecule has 5 rings (SSSR count). The van der Waals surface area contributed by atoms with E-state index in [9.17, 15) is 9.59 Å². The molecule has 0 radical (unpaired) electrons. The third-order valence-corrected chi connectivity index (χ3v) is 5.55. The number of epoxide rings is 1. The first-order valence-corrected chi connectivity index (χ1v) is 6.15. The molecule has 1 spiro atoms. The predicted molar refractivity (Wildman–Crippen MR) is 53.4 cm³/mol. The average molecular weight is 216 g/mol. The fourth-order valence-corrected chi connectivity index (χ4v) is 4.69. The summed E-state index contributed by atoms with van der Waals surface area (Å²) in [5.41, 5.74) is 0.317.